The van der Waals surface area contributed by atoms with Crippen molar-refractivity contribution in [2.45, 2.75) is 43.4 Å². The highest BCUT2D eigenvalue weighted by Crippen LogP contribution is 2.22. The summed E-state index contributed by atoms with van der Waals surface area (Å²) in [6, 6.07) is 10.3. The Labute approximate surface area is 102 Å². The molecule has 1 aromatic carbocycles. The van der Waals surface area contributed by atoms with Crippen molar-refractivity contribution in [1.82, 2.24) is 5.32 Å². The van der Waals surface area contributed by atoms with Gasteiger partial charge in [0.25, 0.3) is 0 Å². The van der Waals surface area contributed by atoms with Gasteiger partial charge in [-0.25, -0.2) is 0 Å². The van der Waals surface area contributed by atoms with Gasteiger partial charge in [-0.1, -0.05) is 25.1 Å². The molecule has 0 aromatic heterocycles. The molecule has 0 saturated carbocycles. The quantitative estimate of drug-likeness (QED) is 0.797. The molecule has 16 heavy (non-hydrogen) atoms. The van der Waals surface area contributed by atoms with Crippen LogP contribution in [0.25, 0.3) is 0 Å². The normalized spacial score (nSPS) is 14.2. The molecule has 3 heteroatoms. The van der Waals surface area contributed by atoms with E-state index in [1.54, 1.807) is 11.8 Å². The fraction of sp³-hybridized carbons (Fsp3) is 0.462. The van der Waals surface area contributed by atoms with Crippen LogP contribution in [0.5, 0.6) is 0 Å². The van der Waals surface area contributed by atoms with Gasteiger partial charge in [0.15, 0.2) is 0 Å². The van der Waals surface area contributed by atoms with Crippen LogP contribution < -0.4 is 5.32 Å². The zero-order valence-electron chi connectivity index (χ0n) is 10.1. The average molecular weight is 237 g/mol. The van der Waals surface area contributed by atoms with Gasteiger partial charge in [0.2, 0.25) is 5.91 Å². The lowest BCUT2D eigenvalue weighted by atomic mass is 10.2. The van der Waals surface area contributed by atoms with E-state index in [1.807, 2.05) is 44.2 Å². The van der Waals surface area contributed by atoms with Crippen LogP contribution in [-0.2, 0) is 4.79 Å². The summed E-state index contributed by atoms with van der Waals surface area (Å²) in [6.07, 6.45) is 0.967. The molecule has 0 aliphatic rings. The molecule has 0 radical (unpaired) electrons. The molecule has 2 atom stereocenters. The van der Waals surface area contributed by atoms with Crippen LogP contribution in [0.2, 0.25) is 0 Å². The molecule has 0 aliphatic carbocycles. The van der Waals surface area contributed by atoms with Crippen LogP contribution in [-0.4, -0.2) is 17.2 Å². The van der Waals surface area contributed by atoms with Crippen molar-refractivity contribution in [3.05, 3.63) is 30.3 Å². The van der Waals surface area contributed by atoms with E-state index in [0.717, 1.165) is 11.3 Å². The topological polar surface area (TPSA) is 29.1 Å². The van der Waals surface area contributed by atoms with E-state index in [4.69, 9.17) is 0 Å². The summed E-state index contributed by atoms with van der Waals surface area (Å²) in [4.78, 5) is 12.9. The van der Waals surface area contributed by atoms with Crippen molar-refractivity contribution in [2.75, 3.05) is 0 Å². The molecular formula is C13H19NOS. The molecule has 1 rings (SSSR count). The first-order valence-electron chi connectivity index (χ1n) is 5.65. The van der Waals surface area contributed by atoms with Crippen molar-refractivity contribution < 1.29 is 4.79 Å². The second-order valence-corrected chi connectivity index (χ2v) is 5.31. The van der Waals surface area contributed by atoms with Crippen molar-refractivity contribution in [2.24, 2.45) is 0 Å². The van der Waals surface area contributed by atoms with Gasteiger partial charge in [0, 0.05) is 10.9 Å². The van der Waals surface area contributed by atoms with E-state index in [9.17, 15) is 4.79 Å². The van der Waals surface area contributed by atoms with Gasteiger partial charge in [-0.15, -0.1) is 11.8 Å². The van der Waals surface area contributed by atoms with Gasteiger partial charge >= 0.3 is 0 Å². The van der Waals surface area contributed by atoms with E-state index in [0.29, 0.717) is 0 Å². The summed E-state index contributed by atoms with van der Waals surface area (Å²) in [5.41, 5.74) is 0. The van der Waals surface area contributed by atoms with Crippen molar-refractivity contribution in [3.8, 4) is 0 Å². The zero-order valence-corrected chi connectivity index (χ0v) is 10.9. The first kappa shape index (κ1) is 13.1. The Bertz CT molecular complexity index is 326. The lowest BCUT2D eigenvalue weighted by Gasteiger charge is -2.15. The van der Waals surface area contributed by atoms with Gasteiger partial charge in [0.05, 0.1) is 5.25 Å². The highest BCUT2D eigenvalue weighted by atomic mass is 32.2. The molecule has 1 aromatic rings. The lowest BCUT2D eigenvalue weighted by molar-refractivity contribution is -0.120. The molecule has 0 heterocycles. The summed E-state index contributed by atoms with van der Waals surface area (Å²) >= 11 is 1.59. The zero-order chi connectivity index (χ0) is 12.0. The third kappa shape index (κ3) is 4.27. The van der Waals surface area contributed by atoms with E-state index < -0.39 is 0 Å². The minimum absolute atomic E-state index is 0.0450. The predicted octanol–water partition coefficient (Wildman–Crippen LogP) is 3.08. The highest BCUT2D eigenvalue weighted by molar-refractivity contribution is 8.00. The Kier molecular flexibility index (Phi) is 5.39. The maximum atomic E-state index is 11.8. The summed E-state index contributed by atoms with van der Waals surface area (Å²) in [5, 5.41) is 2.94. The van der Waals surface area contributed by atoms with Crippen molar-refractivity contribution in [1.29, 1.82) is 0 Å². The lowest BCUT2D eigenvalue weighted by Crippen LogP contribution is -2.37. The van der Waals surface area contributed by atoms with E-state index >= 15 is 0 Å². The van der Waals surface area contributed by atoms with E-state index in [2.05, 4.69) is 12.2 Å². The molecule has 0 saturated heterocycles. The summed E-state index contributed by atoms with van der Waals surface area (Å²) in [7, 11) is 0. The number of nitrogens with one attached hydrogen (secondary N) is 1. The number of carbonyl (C=O) groups excluding carboxylic acids is 1. The number of amides is 1. The van der Waals surface area contributed by atoms with Crippen LogP contribution in [0.4, 0.5) is 0 Å². The number of rotatable bonds is 5. The first-order valence-corrected chi connectivity index (χ1v) is 6.53. The molecule has 0 fully saturated rings. The third-order valence-electron chi connectivity index (χ3n) is 2.43. The number of hydrogen-bond acceptors (Lipinski definition) is 2. The minimum Gasteiger partial charge on any atom is -0.353 e. The fourth-order valence-corrected chi connectivity index (χ4v) is 2.12. The molecule has 2 nitrogen and oxygen atoms in total. The molecule has 1 amide bonds. The fourth-order valence-electron chi connectivity index (χ4n) is 1.22. The van der Waals surface area contributed by atoms with Gasteiger partial charge < -0.3 is 5.32 Å². The van der Waals surface area contributed by atoms with Crippen molar-refractivity contribution in [3.63, 3.8) is 0 Å². The Hall–Kier alpha value is -0.960. The van der Waals surface area contributed by atoms with Gasteiger partial charge in [-0.2, -0.15) is 0 Å². The predicted molar refractivity (Wildman–Crippen MR) is 69.7 cm³/mol. The molecule has 88 valence electrons. The molecular weight excluding hydrogens is 218 g/mol. The molecule has 0 aliphatic heterocycles. The number of hydrogen-bond donors (Lipinski definition) is 1. The van der Waals surface area contributed by atoms with Gasteiger partial charge in [0.1, 0.15) is 0 Å². The van der Waals surface area contributed by atoms with Gasteiger partial charge in [-0.05, 0) is 32.4 Å². The Balaban J connectivity index is 2.46. The Morgan fingerprint density at radius 3 is 2.50 bits per heavy atom. The summed E-state index contributed by atoms with van der Waals surface area (Å²) < 4.78 is 0. The first-order chi connectivity index (χ1) is 7.63. The SMILES string of the molecule is CC[C@H](C)NC(=O)[C@@H](C)Sc1ccccc1. The van der Waals surface area contributed by atoms with Crippen LogP contribution in [0, 0.1) is 0 Å². The van der Waals surface area contributed by atoms with Crippen LogP contribution >= 0.6 is 11.8 Å². The Morgan fingerprint density at radius 2 is 1.94 bits per heavy atom. The van der Waals surface area contributed by atoms with Crippen LogP contribution in [0.1, 0.15) is 27.2 Å². The standard InChI is InChI=1S/C13H19NOS/c1-4-10(2)14-13(15)11(3)16-12-8-6-5-7-9-12/h5-11H,4H2,1-3H3,(H,14,15)/t10-,11+/m0/s1. The highest BCUT2D eigenvalue weighted by Gasteiger charge is 2.15. The molecule has 0 bridgehead atoms. The van der Waals surface area contributed by atoms with Crippen LogP contribution in [0.3, 0.4) is 0 Å². The Morgan fingerprint density at radius 1 is 1.31 bits per heavy atom. The molecule has 0 unspecified atom stereocenters. The average Bonchev–Trinajstić information content (AvgIpc) is 2.30. The smallest absolute Gasteiger partial charge is 0.233 e. The number of thioether (sulfide) groups is 1. The largest absolute Gasteiger partial charge is 0.353 e. The second kappa shape index (κ2) is 6.59. The van der Waals surface area contributed by atoms with Gasteiger partial charge in [-0.3, -0.25) is 4.79 Å². The van der Waals surface area contributed by atoms with E-state index in [-0.39, 0.29) is 17.2 Å². The molecule has 0 spiro atoms. The second-order valence-electron chi connectivity index (χ2n) is 3.89. The monoisotopic (exact) mass is 237 g/mol. The number of carbonyl (C=O) groups is 1. The summed E-state index contributed by atoms with van der Waals surface area (Å²) in [6.45, 7) is 6.03. The maximum Gasteiger partial charge on any atom is 0.233 e. The molecule has 1 N–H and O–H groups in total. The van der Waals surface area contributed by atoms with Crippen LogP contribution in [0.15, 0.2) is 35.2 Å². The van der Waals surface area contributed by atoms with E-state index in [1.165, 1.54) is 0 Å². The van der Waals surface area contributed by atoms with Crippen molar-refractivity contribution >= 4 is 17.7 Å². The summed E-state index contributed by atoms with van der Waals surface area (Å²) in [5.74, 6) is 0.114. The third-order valence-corrected chi connectivity index (χ3v) is 3.54. The minimum atomic E-state index is -0.0450. The number of benzene rings is 1. The maximum absolute atomic E-state index is 11.8.